The molecule has 1 amide bonds. The van der Waals surface area contributed by atoms with Gasteiger partial charge in [-0.3, -0.25) is 9.69 Å². The van der Waals surface area contributed by atoms with Crippen molar-refractivity contribution in [2.45, 2.75) is 40.7 Å². The zero-order valence-corrected chi connectivity index (χ0v) is 12.8. The summed E-state index contributed by atoms with van der Waals surface area (Å²) in [7, 11) is 2.01. The zero-order chi connectivity index (χ0) is 14.0. The Bertz CT molecular complexity index is 294. The molecule has 106 valence electrons. The van der Waals surface area contributed by atoms with Gasteiger partial charge in [-0.2, -0.15) is 0 Å². The second-order valence-corrected chi connectivity index (χ2v) is 7.05. The fraction of sp³-hybridized carbons (Fsp3) is 0.929. The molecular formula is C14H29N3O. The lowest BCUT2D eigenvalue weighted by Gasteiger charge is -2.40. The molecule has 0 radical (unpaired) electrons. The molecule has 0 saturated carbocycles. The first-order valence-electron chi connectivity index (χ1n) is 6.84. The second kappa shape index (κ2) is 5.57. The molecule has 1 fully saturated rings. The predicted octanol–water partition coefficient (Wildman–Crippen LogP) is 1.08. The maximum absolute atomic E-state index is 12.2. The van der Waals surface area contributed by atoms with Gasteiger partial charge in [0.1, 0.15) is 6.04 Å². The van der Waals surface area contributed by atoms with Crippen molar-refractivity contribution >= 4 is 5.91 Å². The molecule has 0 bridgehead atoms. The average molecular weight is 255 g/mol. The van der Waals surface area contributed by atoms with E-state index in [0.717, 1.165) is 26.2 Å². The van der Waals surface area contributed by atoms with Gasteiger partial charge in [0.15, 0.2) is 0 Å². The lowest BCUT2D eigenvalue weighted by Crippen LogP contribution is -2.57. The number of hydrogen-bond donors (Lipinski definition) is 2. The van der Waals surface area contributed by atoms with E-state index in [0.29, 0.717) is 0 Å². The molecule has 1 aliphatic heterocycles. The summed E-state index contributed by atoms with van der Waals surface area (Å²) < 4.78 is 0. The number of carbonyl (C=O) groups is 1. The first kappa shape index (κ1) is 15.4. The topological polar surface area (TPSA) is 44.4 Å². The Morgan fingerprint density at radius 2 is 1.94 bits per heavy atom. The molecule has 4 heteroatoms. The molecule has 0 aromatic carbocycles. The van der Waals surface area contributed by atoms with Gasteiger partial charge in [0.25, 0.3) is 0 Å². The lowest BCUT2D eigenvalue weighted by molar-refractivity contribution is -0.127. The predicted molar refractivity (Wildman–Crippen MR) is 75.5 cm³/mol. The quantitative estimate of drug-likeness (QED) is 0.793. The van der Waals surface area contributed by atoms with Gasteiger partial charge in [-0.25, -0.2) is 0 Å². The third kappa shape index (κ3) is 3.69. The van der Waals surface area contributed by atoms with E-state index in [1.54, 1.807) is 0 Å². The number of piperazine rings is 1. The van der Waals surface area contributed by atoms with Crippen LogP contribution in [0.15, 0.2) is 0 Å². The molecule has 0 aromatic heterocycles. The van der Waals surface area contributed by atoms with E-state index in [4.69, 9.17) is 0 Å². The fourth-order valence-corrected chi connectivity index (χ4v) is 1.79. The van der Waals surface area contributed by atoms with Crippen LogP contribution < -0.4 is 10.6 Å². The number of rotatable bonds is 3. The summed E-state index contributed by atoms with van der Waals surface area (Å²) >= 11 is 0. The van der Waals surface area contributed by atoms with Crippen LogP contribution >= 0.6 is 0 Å². The molecule has 1 rings (SSSR count). The van der Waals surface area contributed by atoms with Gasteiger partial charge in [-0.15, -0.1) is 0 Å². The fourth-order valence-electron chi connectivity index (χ4n) is 1.79. The average Bonchev–Trinajstić information content (AvgIpc) is 2.25. The SMILES string of the molecule is CN1CCNCC1C(=O)NCC(C)(C)C(C)(C)C. The minimum absolute atomic E-state index is 0.0329. The van der Waals surface area contributed by atoms with E-state index in [1.165, 1.54) is 0 Å². The van der Waals surface area contributed by atoms with Gasteiger partial charge in [-0.1, -0.05) is 34.6 Å². The highest BCUT2D eigenvalue weighted by atomic mass is 16.2. The van der Waals surface area contributed by atoms with Crippen molar-refractivity contribution in [2.24, 2.45) is 10.8 Å². The van der Waals surface area contributed by atoms with Crippen molar-refractivity contribution in [3.8, 4) is 0 Å². The van der Waals surface area contributed by atoms with Crippen molar-refractivity contribution in [1.82, 2.24) is 15.5 Å². The molecule has 2 N–H and O–H groups in total. The Hall–Kier alpha value is -0.610. The third-order valence-electron chi connectivity index (χ3n) is 4.55. The summed E-state index contributed by atoms with van der Waals surface area (Å²) in [5.74, 6) is 0.141. The van der Waals surface area contributed by atoms with Gasteiger partial charge >= 0.3 is 0 Å². The molecule has 4 nitrogen and oxygen atoms in total. The van der Waals surface area contributed by atoms with Crippen molar-refractivity contribution in [3.63, 3.8) is 0 Å². The van der Waals surface area contributed by atoms with E-state index in [9.17, 15) is 4.79 Å². The molecule has 18 heavy (non-hydrogen) atoms. The molecule has 1 heterocycles. The number of amides is 1. The van der Waals surface area contributed by atoms with Crippen molar-refractivity contribution < 1.29 is 4.79 Å². The summed E-state index contributed by atoms with van der Waals surface area (Å²) in [6, 6.07) is -0.0329. The lowest BCUT2D eigenvalue weighted by atomic mass is 9.69. The summed E-state index contributed by atoms with van der Waals surface area (Å²) in [6.07, 6.45) is 0. The van der Waals surface area contributed by atoms with Crippen LogP contribution in [-0.4, -0.2) is 50.1 Å². The van der Waals surface area contributed by atoms with Crippen LogP contribution in [0.5, 0.6) is 0 Å². The maximum Gasteiger partial charge on any atom is 0.238 e. The normalized spacial score (nSPS) is 22.9. The van der Waals surface area contributed by atoms with Gasteiger partial charge in [0.2, 0.25) is 5.91 Å². The van der Waals surface area contributed by atoms with E-state index < -0.39 is 0 Å². The molecule has 0 aliphatic carbocycles. The highest BCUT2D eigenvalue weighted by Crippen LogP contribution is 2.36. The molecule has 0 spiro atoms. The largest absolute Gasteiger partial charge is 0.354 e. The number of hydrogen-bond acceptors (Lipinski definition) is 3. The van der Waals surface area contributed by atoms with Crippen LogP contribution in [0.25, 0.3) is 0 Å². The van der Waals surface area contributed by atoms with Crippen LogP contribution in [-0.2, 0) is 4.79 Å². The van der Waals surface area contributed by atoms with Crippen LogP contribution in [0.1, 0.15) is 34.6 Å². The standard InChI is InChI=1S/C14H29N3O/c1-13(2,3)14(4,5)10-16-12(18)11-9-15-7-8-17(11)6/h11,15H,7-10H2,1-6H3,(H,16,18). The smallest absolute Gasteiger partial charge is 0.238 e. The molecule has 1 unspecified atom stereocenters. The Balaban J connectivity index is 2.50. The Labute approximate surface area is 111 Å². The Morgan fingerprint density at radius 1 is 1.33 bits per heavy atom. The van der Waals surface area contributed by atoms with E-state index in [1.807, 2.05) is 7.05 Å². The van der Waals surface area contributed by atoms with E-state index >= 15 is 0 Å². The third-order valence-corrected chi connectivity index (χ3v) is 4.55. The first-order valence-corrected chi connectivity index (χ1v) is 6.84. The number of carbonyl (C=O) groups excluding carboxylic acids is 1. The minimum atomic E-state index is -0.0329. The summed E-state index contributed by atoms with van der Waals surface area (Å²) in [5.41, 5.74) is 0.264. The summed E-state index contributed by atoms with van der Waals surface area (Å²) in [6.45, 7) is 14.4. The van der Waals surface area contributed by atoms with Gasteiger partial charge in [0.05, 0.1) is 0 Å². The van der Waals surface area contributed by atoms with Crippen molar-refractivity contribution in [3.05, 3.63) is 0 Å². The Kier molecular flexibility index (Phi) is 4.78. The number of nitrogens with one attached hydrogen (secondary N) is 2. The van der Waals surface area contributed by atoms with Crippen molar-refractivity contribution in [1.29, 1.82) is 0 Å². The van der Waals surface area contributed by atoms with Crippen molar-refractivity contribution in [2.75, 3.05) is 33.2 Å². The summed E-state index contributed by atoms with van der Waals surface area (Å²) in [5, 5.41) is 6.38. The summed E-state index contributed by atoms with van der Waals surface area (Å²) in [4.78, 5) is 14.3. The second-order valence-electron chi connectivity index (χ2n) is 7.05. The van der Waals surface area contributed by atoms with Crippen LogP contribution in [0.2, 0.25) is 0 Å². The van der Waals surface area contributed by atoms with E-state index in [2.05, 4.69) is 50.2 Å². The van der Waals surface area contributed by atoms with Gasteiger partial charge in [0, 0.05) is 26.2 Å². The molecule has 1 aliphatic rings. The first-order chi connectivity index (χ1) is 8.15. The minimum Gasteiger partial charge on any atom is -0.354 e. The van der Waals surface area contributed by atoms with Gasteiger partial charge in [-0.05, 0) is 17.9 Å². The number of likely N-dealkylation sites (N-methyl/N-ethyl adjacent to an activating group) is 1. The van der Waals surface area contributed by atoms with Crippen LogP contribution in [0, 0.1) is 10.8 Å². The highest BCUT2D eigenvalue weighted by molar-refractivity contribution is 5.82. The Morgan fingerprint density at radius 3 is 2.44 bits per heavy atom. The zero-order valence-electron chi connectivity index (χ0n) is 12.8. The van der Waals surface area contributed by atoms with Gasteiger partial charge < -0.3 is 10.6 Å². The van der Waals surface area contributed by atoms with Crippen LogP contribution in [0.4, 0.5) is 0 Å². The van der Waals surface area contributed by atoms with E-state index in [-0.39, 0.29) is 22.8 Å². The molecule has 1 saturated heterocycles. The maximum atomic E-state index is 12.2. The molecule has 0 aromatic rings. The highest BCUT2D eigenvalue weighted by Gasteiger charge is 2.34. The monoisotopic (exact) mass is 255 g/mol. The molecule has 1 atom stereocenters. The van der Waals surface area contributed by atoms with Crippen LogP contribution in [0.3, 0.4) is 0 Å². The number of nitrogens with zero attached hydrogens (tertiary/aromatic N) is 1. The molecular weight excluding hydrogens is 226 g/mol.